The Morgan fingerprint density at radius 1 is 1.30 bits per heavy atom. The molecule has 0 atom stereocenters. The van der Waals surface area contributed by atoms with Crippen molar-refractivity contribution in [3.05, 3.63) is 57.5 Å². The van der Waals surface area contributed by atoms with Gasteiger partial charge in [-0.2, -0.15) is 0 Å². The zero-order valence-corrected chi connectivity index (χ0v) is 18.8. The lowest BCUT2D eigenvalue weighted by Gasteiger charge is -2.27. The number of halogens is 1. The average molecular weight is 461 g/mol. The van der Waals surface area contributed by atoms with E-state index in [9.17, 15) is 9.59 Å². The van der Waals surface area contributed by atoms with Crippen molar-refractivity contribution in [1.29, 1.82) is 0 Å². The maximum absolute atomic E-state index is 12.6. The minimum atomic E-state index is -0.208. The van der Waals surface area contributed by atoms with E-state index in [2.05, 4.69) is 21.7 Å². The van der Waals surface area contributed by atoms with Crippen LogP contribution >= 0.6 is 34.7 Å². The highest BCUT2D eigenvalue weighted by molar-refractivity contribution is 7.99. The summed E-state index contributed by atoms with van der Waals surface area (Å²) in [5.41, 5.74) is 1.84. The third-order valence-corrected chi connectivity index (χ3v) is 7.33. The maximum Gasteiger partial charge on any atom is 0.224 e. The molecular weight excluding hydrogens is 440 g/mol. The number of nitrogens with zero attached hydrogens (tertiary/aromatic N) is 3. The van der Waals surface area contributed by atoms with Gasteiger partial charge in [-0.05, 0) is 53.4 Å². The second kappa shape index (κ2) is 9.24. The molecule has 0 unspecified atom stereocenters. The summed E-state index contributed by atoms with van der Waals surface area (Å²) in [5.74, 6) is -0.198. The normalized spacial score (nSPS) is 13.2. The van der Waals surface area contributed by atoms with Crippen LogP contribution in [0.15, 0.2) is 52.1 Å². The Labute approximate surface area is 188 Å². The average Bonchev–Trinajstić information content (AvgIpc) is 3.36. The van der Waals surface area contributed by atoms with Gasteiger partial charge in [0.1, 0.15) is 0 Å². The Hall–Kier alpha value is -2.29. The van der Waals surface area contributed by atoms with E-state index in [4.69, 9.17) is 11.6 Å². The number of hydrogen-bond donors (Lipinski definition) is 1. The lowest BCUT2D eigenvalue weighted by atomic mass is 10.1. The highest BCUT2D eigenvalue weighted by Gasteiger charge is 2.22. The van der Waals surface area contributed by atoms with Crippen LogP contribution in [0.5, 0.6) is 0 Å². The molecule has 156 valence electrons. The molecule has 1 aromatic carbocycles. The molecule has 1 aliphatic heterocycles. The molecule has 3 aromatic rings. The van der Waals surface area contributed by atoms with E-state index in [1.54, 1.807) is 29.7 Å². The highest BCUT2D eigenvalue weighted by atomic mass is 35.5. The number of carbonyl (C=O) groups is 2. The molecule has 6 nitrogen and oxygen atoms in total. The van der Waals surface area contributed by atoms with Crippen molar-refractivity contribution in [1.82, 2.24) is 14.5 Å². The van der Waals surface area contributed by atoms with Crippen molar-refractivity contribution in [3.8, 4) is 0 Å². The number of carbonyl (C=O) groups excluding carboxylic acids is 2. The van der Waals surface area contributed by atoms with Crippen molar-refractivity contribution in [3.63, 3.8) is 0 Å². The summed E-state index contributed by atoms with van der Waals surface area (Å²) in [5, 5.41) is 6.31. The molecule has 2 aromatic heterocycles. The van der Waals surface area contributed by atoms with Crippen molar-refractivity contribution in [2.75, 3.05) is 11.9 Å². The number of fused-ring (bicyclic) bond motifs is 1. The third-order valence-electron chi connectivity index (χ3n) is 4.92. The van der Waals surface area contributed by atoms with E-state index in [1.807, 2.05) is 28.8 Å². The van der Waals surface area contributed by atoms with Crippen LogP contribution in [0.2, 0.25) is 5.02 Å². The van der Waals surface area contributed by atoms with E-state index in [-0.39, 0.29) is 24.7 Å². The summed E-state index contributed by atoms with van der Waals surface area (Å²) in [6, 6.07) is 7.43. The number of thiophene rings is 1. The first-order valence-electron chi connectivity index (χ1n) is 9.57. The minimum Gasteiger partial charge on any atom is -0.338 e. The molecule has 1 N–H and O–H groups in total. The molecule has 0 saturated carbocycles. The number of imidazole rings is 1. The quantitative estimate of drug-likeness (QED) is 0.584. The molecule has 0 aliphatic carbocycles. The van der Waals surface area contributed by atoms with Crippen LogP contribution in [0.4, 0.5) is 5.69 Å². The third kappa shape index (κ3) is 4.88. The number of hydrogen-bond acceptors (Lipinski definition) is 5. The van der Waals surface area contributed by atoms with Gasteiger partial charge in [-0.25, -0.2) is 4.98 Å². The minimum absolute atomic E-state index is 0.00991. The van der Waals surface area contributed by atoms with Crippen LogP contribution in [-0.2, 0) is 29.6 Å². The van der Waals surface area contributed by atoms with Gasteiger partial charge in [0.15, 0.2) is 5.16 Å². The van der Waals surface area contributed by atoms with E-state index >= 15 is 0 Å². The fraction of sp³-hybridized carbons (Fsp3) is 0.286. The largest absolute Gasteiger partial charge is 0.338 e. The zero-order chi connectivity index (χ0) is 21.1. The van der Waals surface area contributed by atoms with Crippen LogP contribution in [0.3, 0.4) is 0 Å². The highest BCUT2D eigenvalue weighted by Crippen LogP contribution is 2.34. The second-order valence-corrected chi connectivity index (χ2v) is 9.49. The Morgan fingerprint density at radius 3 is 2.97 bits per heavy atom. The van der Waals surface area contributed by atoms with Crippen molar-refractivity contribution in [2.24, 2.45) is 7.05 Å². The summed E-state index contributed by atoms with van der Waals surface area (Å²) in [4.78, 5) is 33.5. The molecule has 2 amide bonds. The van der Waals surface area contributed by atoms with Crippen LogP contribution in [-0.4, -0.2) is 32.8 Å². The summed E-state index contributed by atoms with van der Waals surface area (Å²) >= 11 is 9.32. The summed E-state index contributed by atoms with van der Waals surface area (Å²) in [6.45, 7) is 1.35. The molecule has 4 rings (SSSR count). The molecule has 0 spiro atoms. The topological polar surface area (TPSA) is 67.2 Å². The van der Waals surface area contributed by atoms with E-state index < -0.39 is 0 Å². The monoisotopic (exact) mass is 460 g/mol. The van der Waals surface area contributed by atoms with Gasteiger partial charge in [0.2, 0.25) is 11.8 Å². The number of aromatic nitrogens is 2. The van der Waals surface area contributed by atoms with Crippen LogP contribution in [0.1, 0.15) is 23.3 Å². The molecular formula is C21H21ClN4O2S2. The SMILES string of the molecule is Cn1ccnc1Sc1ccc(Cl)cc1NC(=O)CCC(=O)N1CCc2sccc2C1. The van der Waals surface area contributed by atoms with Crippen molar-refractivity contribution < 1.29 is 9.59 Å². The number of aryl methyl sites for hydroxylation is 1. The van der Waals surface area contributed by atoms with Crippen molar-refractivity contribution >= 4 is 52.2 Å². The predicted octanol–water partition coefficient (Wildman–Crippen LogP) is 4.59. The molecule has 0 bridgehead atoms. The van der Waals surface area contributed by atoms with Gasteiger partial charge in [0.25, 0.3) is 0 Å². The lowest BCUT2D eigenvalue weighted by molar-refractivity contribution is -0.133. The zero-order valence-electron chi connectivity index (χ0n) is 16.4. The Bertz CT molecular complexity index is 1080. The summed E-state index contributed by atoms with van der Waals surface area (Å²) in [6.07, 6.45) is 4.79. The number of anilines is 1. The van der Waals surface area contributed by atoms with Crippen molar-refractivity contribution in [2.45, 2.75) is 35.9 Å². The second-order valence-electron chi connectivity index (χ2n) is 7.05. The lowest BCUT2D eigenvalue weighted by Crippen LogP contribution is -2.35. The van der Waals surface area contributed by atoms with Gasteiger partial charge in [0, 0.05) is 60.2 Å². The first-order chi connectivity index (χ1) is 14.5. The molecule has 0 radical (unpaired) electrons. The molecule has 0 saturated heterocycles. The molecule has 0 fully saturated rings. The molecule has 30 heavy (non-hydrogen) atoms. The summed E-state index contributed by atoms with van der Waals surface area (Å²) in [7, 11) is 1.91. The van der Waals surface area contributed by atoms with E-state index in [0.717, 1.165) is 16.5 Å². The number of rotatable bonds is 6. The maximum atomic E-state index is 12.6. The first kappa shape index (κ1) is 21.0. The smallest absolute Gasteiger partial charge is 0.224 e. The van der Waals surface area contributed by atoms with Crippen LogP contribution < -0.4 is 5.32 Å². The molecule has 9 heteroatoms. The van der Waals surface area contributed by atoms with Crippen LogP contribution in [0, 0.1) is 0 Å². The Morgan fingerprint density at radius 2 is 2.17 bits per heavy atom. The fourth-order valence-electron chi connectivity index (χ4n) is 3.29. The van der Waals surface area contributed by atoms with E-state index in [1.165, 1.54) is 22.2 Å². The van der Waals surface area contributed by atoms with Gasteiger partial charge in [-0.15, -0.1) is 11.3 Å². The number of amides is 2. The summed E-state index contributed by atoms with van der Waals surface area (Å²) < 4.78 is 1.90. The fourth-order valence-corrected chi connectivity index (χ4v) is 5.22. The Kier molecular flexibility index (Phi) is 6.46. The van der Waals surface area contributed by atoms with E-state index in [0.29, 0.717) is 23.8 Å². The Balaban J connectivity index is 1.35. The van der Waals surface area contributed by atoms with Gasteiger partial charge >= 0.3 is 0 Å². The van der Waals surface area contributed by atoms with Gasteiger partial charge in [-0.1, -0.05) is 11.6 Å². The van der Waals surface area contributed by atoms with Gasteiger partial charge in [0.05, 0.1) is 5.69 Å². The number of nitrogens with one attached hydrogen (secondary N) is 1. The van der Waals surface area contributed by atoms with Gasteiger partial charge < -0.3 is 14.8 Å². The van der Waals surface area contributed by atoms with Crippen LogP contribution in [0.25, 0.3) is 0 Å². The first-order valence-corrected chi connectivity index (χ1v) is 11.6. The van der Waals surface area contributed by atoms with Gasteiger partial charge in [-0.3, -0.25) is 9.59 Å². The number of benzene rings is 1. The predicted molar refractivity (Wildman–Crippen MR) is 120 cm³/mol. The standard InChI is InChI=1S/C21H21ClN4O2S2/c1-25-10-8-23-21(25)30-18-3-2-15(22)12-16(18)24-19(27)4-5-20(28)26-9-6-17-14(13-26)7-11-29-17/h2-3,7-8,10-12H,4-6,9,13H2,1H3,(H,24,27). The molecule has 3 heterocycles. The molecule has 1 aliphatic rings.